The van der Waals surface area contributed by atoms with E-state index in [9.17, 15) is 14.0 Å². The second-order valence-corrected chi connectivity index (χ2v) is 5.34. The van der Waals surface area contributed by atoms with Crippen molar-refractivity contribution in [1.29, 1.82) is 0 Å². The smallest absolute Gasteiger partial charge is 0.261 e. The lowest BCUT2D eigenvalue weighted by atomic mass is 10.1. The molecule has 0 saturated heterocycles. The highest BCUT2D eigenvalue weighted by Gasteiger charge is 2.20. The van der Waals surface area contributed by atoms with Crippen molar-refractivity contribution in [2.45, 2.75) is 39.3 Å². The van der Waals surface area contributed by atoms with Gasteiger partial charge in [0.25, 0.3) is 5.91 Å². The van der Waals surface area contributed by atoms with E-state index in [4.69, 9.17) is 4.74 Å². The van der Waals surface area contributed by atoms with Gasteiger partial charge in [0.2, 0.25) is 0 Å². The van der Waals surface area contributed by atoms with Crippen LogP contribution in [0.5, 0.6) is 5.75 Å². The van der Waals surface area contributed by atoms with E-state index >= 15 is 0 Å². The van der Waals surface area contributed by atoms with Gasteiger partial charge in [0.1, 0.15) is 17.9 Å². The number of rotatable bonds is 4. The molecule has 0 aliphatic rings. The molecule has 0 heterocycles. The quantitative estimate of drug-likeness (QED) is 0.852. The Kier molecular flexibility index (Phi) is 4.64. The monoisotopic (exact) mass is 267 g/mol. The molecule has 0 saturated carbocycles. The lowest BCUT2D eigenvalue weighted by molar-refractivity contribution is -0.128. The Bertz CT molecular complexity index is 480. The third-order valence-electron chi connectivity index (χ3n) is 2.21. The third-order valence-corrected chi connectivity index (χ3v) is 2.21. The van der Waals surface area contributed by atoms with Gasteiger partial charge in [-0.25, -0.2) is 4.39 Å². The second-order valence-electron chi connectivity index (χ2n) is 5.34. The van der Waals surface area contributed by atoms with Crippen LogP contribution in [0.3, 0.4) is 0 Å². The lowest BCUT2D eigenvalue weighted by Crippen LogP contribution is -2.46. The van der Waals surface area contributed by atoms with E-state index in [0.29, 0.717) is 6.29 Å². The number of carbonyl (C=O) groups excluding carboxylic acids is 2. The Hall–Kier alpha value is -1.91. The molecule has 0 bridgehead atoms. The van der Waals surface area contributed by atoms with E-state index < -0.39 is 11.9 Å². The molecule has 0 aromatic heterocycles. The summed E-state index contributed by atoms with van der Waals surface area (Å²) in [6.45, 7) is 7.12. The average molecular weight is 267 g/mol. The van der Waals surface area contributed by atoms with Gasteiger partial charge in [-0.3, -0.25) is 9.59 Å². The second kappa shape index (κ2) is 5.82. The fourth-order valence-electron chi connectivity index (χ4n) is 1.45. The minimum atomic E-state index is -0.777. The molecule has 0 spiro atoms. The van der Waals surface area contributed by atoms with Crippen LogP contribution in [0.1, 0.15) is 38.1 Å². The molecule has 1 rings (SSSR count). The van der Waals surface area contributed by atoms with Crippen molar-refractivity contribution in [3.8, 4) is 5.75 Å². The van der Waals surface area contributed by atoms with Gasteiger partial charge in [-0.2, -0.15) is 0 Å². The van der Waals surface area contributed by atoms with Crippen LogP contribution in [0.2, 0.25) is 0 Å². The Morgan fingerprint density at radius 3 is 2.53 bits per heavy atom. The molecule has 1 atom stereocenters. The minimum absolute atomic E-state index is 0.152. The molecule has 0 aliphatic carbocycles. The fourth-order valence-corrected chi connectivity index (χ4v) is 1.45. The zero-order chi connectivity index (χ0) is 14.6. The van der Waals surface area contributed by atoms with Gasteiger partial charge >= 0.3 is 0 Å². The largest absolute Gasteiger partial charge is 0.481 e. The van der Waals surface area contributed by atoms with Crippen molar-refractivity contribution in [1.82, 2.24) is 5.32 Å². The molecule has 1 amide bonds. The van der Waals surface area contributed by atoms with E-state index in [1.807, 2.05) is 20.8 Å². The predicted molar refractivity (Wildman–Crippen MR) is 69.8 cm³/mol. The number of ether oxygens (including phenoxy) is 1. The first-order chi connectivity index (χ1) is 8.71. The highest BCUT2D eigenvalue weighted by molar-refractivity contribution is 5.81. The summed E-state index contributed by atoms with van der Waals surface area (Å²) < 4.78 is 18.5. The van der Waals surface area contributed by atoms with Crippen LogP contribution in [0.25, 0.3) is 0 Å². The zero-order valence-corrected chi connectivity index (χ0v) is 11.5. The van der Waals surface area contributed by atoms with E-state index in [2.05, 4.69) is 5.32 Å². The highest BCUT2D eigenvalue weighted by Crippen LogP contribution is 2.17. The van der Waals surface area contributed by atoms with E-state index in [1.165, 1.54) is 6.07 Å². The number of amides is 1. The van der Waals surface area contributed by atoms with Gasteiger partial charge in [0.15, 0.2) is 6.10 Å². The molecule has 19 heavy (non-hydrogen) atoms. The predicted octanol–water partition coefficient (Wildman–Crippen LogP) is 2.32. The highest BCUT2D eigenvalue weighted by atomic mass is 19.1. The van der Waals surface area contributed by atoms with Crippen molar-refractivity contribution in [2.24, 2.45) is 0 Å². The van der Waals surface area contributed by atoms with Gasteiger partial charge < -0.3 is 10.1 Å². The molecule has 0 aliphatic heterocycles. The summed E-state index contributed by atoms with van der Waals surface area (Å²) in [5.41, 5.74) is -0.205. The molecular weight excluding hydrogens is 249 g/mol. The van der Waals surface area contributed by atoms with Gasteiger partial charge in [0, 0.05) is 17.2 Å². The van der Waals surface area contributed by atoms with Crippen LogP contribution in [-0.2, 0) is 4.79 Å². The van der Waals surface area contributed by atoms with Crippen molar-refractivity contribution >= 4 is 12.2 Å². The number of halogens is 1. The van der Waals surface area contributed by atoms with Gasteiger partial charge in [-0.05, 0) is 39.8 Å². The first-order valence-corrected chi connectivity index (χ1v) is 5.96. The van der Waals surface area contributed by atoms with Crippen LogP contribution in [0.4, 0.5) is 4.39 Å². The van der Waals surface area contributed by atoms with Crippen LogP contribution in [0.15, 0.2) is 18.2 Å². The van der Waals surface area contributed by atoms with Gasteiger partial charge in [-0.1, -0.05) is 0 Å². The van der Waals surface area contributed by atoms with Gasteiger partial charge in [0.05, 0.1) is 0 Å². The number of nitrogens with one attached hydrogen (secondary N) is 1. The number of hydrogen-bond donors (Lipinski definition) is 1. The van der Waals surface area contributed by atoms with Crippen LogP contribution < -0.4 is 10.1 Å². The SMILES string of the molecule is CC(Oc1cc(F)cc(C=O)c1)C(=O)NC(C)(C)C. The summed E-state index contributed by atoms with van der Waals surface area (Å²) in [6.07, 6.45) is -0.254. The average Bonchev–Trinajstić information content (AvgIpc) is 2.25. The summed E-state index contributed by atoms with van der Waals surface area (Å²) in [5.74, 6) is -0.730. The van der Waals surface area contributed by atoms with Crippen LogP contribution >= 0.6 is 0 Å². The standard InChI is InChI=1S/C14H18FNO3/c1-9(13(18)16-14(2,3)4)19-12-6-10(8-17)5-11(15)7-12/h5-9H,1-4H3,(H,16,18). The molecule has 1 unspecified atom stereocenters. The molecule has 0 fully saturated rings. The van der Waals surface area contributed by atoms with Gasteiger partial charge in [-0.15, -0.1) is 0 Å². The maximum Gasteiger partial charge on any atom is 0.261 e. The molecule has 5 heteroatoms. The molecule has 1 aromatic carbocycles. The number of aldehydes is 1. The van der Waals surface area contributed by atoms with Crippen molar-refractivity contribution in [2.75, 3.05) is 0 Å². The molecular formula is C14H18FNO3. The topological polar surface area (TPSA) is 55.4 Å². The van der Waals surface area contributed by atoms with E-state index in [-0.39, 0.29) is 22.8 Å². The fraction of sp³-hybridized carbons (Fsp3) is 0.429. The zero-order valence-electron chi connectivity index (χ0n) is 11.5. The number of hydrogen-bond acceptors (Lipinski definition) is 3. The summed E-state index contributed by atoms with van der Waals surface area (Å²) in [7, 11) is 0. The normalized spacial score (nSPS) is 12.7. The minimum Gasteiger partial charge on any atom is -0.481 e. The summed E-state index contributed by atoms with van der Waals surface area (Å²) >= 11 is 0. The van der Waals surface area contributed by atoms with Crippen LogP contribution in [0, 0.1) is 5.82 Å². The number of benzene rings is 1. The Balaban J connectivity index is 2.76. The first kappa shape index (κ1) is 15.1. The Morgan fingerprint density at radius 1 is 1.37 bits per heavy atom. The maximum absolute atomic E-state index is 13.2. The maximum atomic E-state index is 13.2. The molecule has 1 aromatic rings. The van der Waals surface area contributed by atoms with E-state index in [1.54, 1.807) is 6.92 Å². The Labute approximate surface area is 112 Å². The Morgan fingerprint density at radius 2 is 2.00 bits per heavy atom. The summed E-state index contributed by atoms with van der Waals surface area (Å²) in [5, 5.41) is 2.76. The van der Waals surface area contributed by atoms with Crippen molar-refractivity contribution in [3.05, 3.63) is 29.6 Å². The molecule has 1 N–H and O–H groups in total. The van der Waals surface area contributed by atoms with Crippen LogP contribution in [-0.4, -0.2) is 23.8 Å². The third kappa shape index (κ3) is 5.07. The molecule has 4 nitrogen and oxygen atoms in total. The lowest BCUT2D eigenvalue weighted by Gasteiger charge is -2.23. The van der Waals surface area contributed by atoms with Crippen molar-refractivity contribution in [3.63, 3.8) is 0 Å². The summed E-state index contributed by atoms with van der Waals surface area (Å²) in [6, 6.07) is 3.62. The van der Waals surface area contributed by atoms with E-state index in [0.717, 1.165) is 12.1 Å². The molecule has 104 valence electrons. The summed E-state index contributed by atoms with van der Waals surface area (Å²) in [4.78, 5) is 22.4. The molecule has 0 radical (unpaired) electrons. The number of carbonyl (C=O) groups is 2. The van der Waals surface area contributed by atoms with Crippen molar-refractivity contribution < 1.29 is 18.7 Å². The first-order valence-electron chi connectivity index (χ1n) is 5.96.